The molecule has 2 N–H and O–H groups in total. The van der Waals surface area contributed by atoms with Crippen molar-refractivity contribution in [1.82, 2.24) is 14.5 Å². The Labute approximate surface area is 118 Å². The molecule has 0 aliphatic rings. The van der Waals surface area contributed by atoms with Crippen molar-refractivity contribution in [3.63, 3.8) is 0 Å². The number of benzene rings is 1. The summed E-state index contributed by atoms with van der Waals surface area (Å²) in [4.78, 5) is 9.22. The number of hydrogen-bond donors (Lipinski definition) is 1. The topological polar surface area (TPSA) is 56.7 Å². The van der Waals surface area contributed by atoms with Crippen molar-refractivity contribution >= 4 is 11.0 Å². The van der Waals surface area contributed by atoms with Gasteiger partial charge in [-0.25, -0.2) is 4.98 Å². The lowest BCUT2D eigenvalue weighted by Crippen LogP contribution is -2.01. The molecule has 0 radical (unpaired) electrons. The number of hydrogen-bond acceptors (Lipinski definition) is 3. The zero-order chi connectivity index (χ0) is 14.1. The molecule has 0 spiro atoms. The minimum absolute atomic E-state index is 0.511. The highest BCUT2D eigenvalue weighted by Gasteiger charge is 2.12. The van der Waals surface area contributed by atoms with Gasteiger partial charge < -0.3 is 10.3 Å². The highest BCUT2D eigenvalue weighted by atomic mass is 15.1. The predicted octanol–water partition coefficient (Wildman–Crippen LogP) is 2.89. The summed E-state index contributed by atoms with van der Waals surface area (Å²) >= 11 is 0. The normalized spacial score (nSPS) is 11.2. The molecule has 102 valence electrons. The fraction of sp³-hybridized carbons (Fsp3) is 0.250. The molecular formula is C16H18N4. The van der Waals surface area contributed by atoms with E-state index >= 15 is 0 Å². The molecule has 2 aromatic heterocycles. The zero-order valence-electron chi connectivity index (χ0n) is 11.8. The van der Waals surface area contributed by atoms with Crippen LogP contribution in [0.3, 0.4) is 0 Å². The molecule has 0 amide bonds. The lowest BCUT2D eigenvalue weighted by Gasteiger charge is -2.06. The molecule has 20 heavy (non-hydrogen) atoms. The summed E-state index contributed by atoms with van der Waals surface area (Å²) in [6.45, 7) is 5.59. The van der Waals surface area contributed by atoms with Gasteiger partial charge in [-0.1, -0.05) is 12.1 Å². The second-order valence-corrected chi connectivity index (χ2v) is 4.93. The quantitative estimate of drug-likeness (QED) is 0.793. The van der Waals surface area contributed by atoms with Crippen LogP contribution in [-0.4, -0.2) is 14.5 Å². The van der Waals surface area contributed by atoms with E-state index in [1.165, 1.54) is 5.56 Å². The summed E-state index contributed by atoms with van der Waals surface area (Å²) in [6, 6.07) is 10.3. The van der Waals surface area contributed by atoms with E-state index in [1.54, 1.807) is 0 Å². The van der Waals surface area contributed by atoms with Crippen molar-refractivity contribution in [2.75, 3.05) is 0 Å². The monoisotopic (exact) mass is 266 g/mol. The molecule has 1 aromatic carbocycles. The Morgan fingerprint density at radius 2 is 2.05 bits per heavy atom. The lowest BCUT2D eigenvalue weighted by molar-refractivity contribution is 0.793. The Balaban J connectivity index is 2.18. The summed E-state index contributed by atoms with van der Waals surface area (Å²) in [5, 5.41) is 0. The van der Waals surface area contributed by atoms with Crippen LogP contribution in [0.5, 0.6) is 0 Å². The Kier molecular flexibility index (Phi) is 3.24. The van der Waals surface area contributed by atoms with Crippen LogP contribution in [0.2, 0.25) is 0 Å². The van der Waals surface area contributed by atoms with Crippen molar-refractivity contribution in [3.8, 4) is 11.5 Å². The van der Waals surface area contributed by atoms with E-state index in [-0.39, 0.29) is 0 Å². The molecule has 0 aliphatic carbocycles. The number of aromatic nitrogens is 3. The summed E-state index contributed by atoms with van der Waals surface area (Å²) in [5.41, 5.74) is 10.9. The van der Waals surface area contributed by atoms with Crippen LogP contribution in [0.15, 0.2) is 36.5 Å². The maximum atomic E-state index is 5.61. The fourth-order valence-electron chi connectivity index (χ4n) is 2.43. The second-order valence-electron chi connectivity index (χ2n) is 4.93. The number of rotatable bonds is 3. The molecule has 3 rings (SSSR count). The van der Waals surface area contributed by atoms with Gasteiger partial charge in [0.2, 0.25) is 0 Å². The molecular weight excluding hydrogens is 248 g/mol. The van der Waals surface area contributed by atoms with E-state index < -0.39 is 0 Å². The molecule has 2 heterocycles. The number of imidazole rings is 1. The second kappa shape index (κ2) is 5.06. The lowest BCUT2D eigenvalue weighted by atomic mass is 10.2. The first-order valence-electron chi connectivity index (χ1n) is 6.85. The van der Waals surface area contributed by atoms with Crippen molar-refractivity contribution in [1.29, 1.82) is 0 Å². The van der Waals surface area contributed by atoms with Gasteiger partial charge in [0.25, 0.3) is 0 Å². The molecule has 0 unspecified atom stereocenters. The first kappa shape index (κ1) is 12.8. The van der Waals surface area contributed by atoms with Gasteiger partial charge >= 0.3 is 0 Å². The van der Waals surface area contributed by atoms with E-state index in [2.05, 4.69) is 41.6 Å². The van der Waals surface area contributed by atoms with Gasteiger partial charge in [0.1, 0.15) is 5.69 Å². The number of nitrogens with two attached hydrogens (primary N) is 1. The van der Waals surface area contributed by atoms with Crippen molar-refractivity contribution in [2.24, 2.45) is 5.73 Å². The average Bonchev–Trinajstić information content (AvgIpc) is 2.84. The van der Waals surface area contributed by atoms with Crippen LogP contribution in [-0.2, 0) is 13.1 Å². The highest BCUT2D eigenvalue weighted by molar-refractivity contribution is 5.80. The SMILES string of the molecule is CCn1c(-c2ccc(CN)cn2)nc2cc(C)ccc21. The summed E-state index contributed by atoms with van der Waals surface area (Å²) in [7, 11) is 0. The van der Waals surface area contributed by atoms with E-state index in [0.29, 0.717) is 6.54 Å². The molecule has 3 aromatic rings. The van der Waals surface area contributed by atoms with Crippen LogP contribution in [0.25, 0.3) is 22.6 Å². The summed E-state index contributed by atoms with van der Waals surface area (Å²) < 4.78 is 2.19. The number of fused-ring (bicyclic) bond motifs is 1. The van der Waals surface area contributed by atoms with Gasteiger partial charge in [-0.3, -0.25) is 4.98 Å². The van der Waals surface area contributed by atoms with Crippen LogP contribution in [0.4, 0.5) is 0 Å². The zero-order valence-corrected chi connectivity index (χ0v) is 11.8. The Morgan fingerprint density at radius 3 is 2.70 bits per heavy atom. The van der Waals surface area contributed by atoms with Crippen LogP contribution in [0, 0.1) is 6.92 Å². The third-order valence-electron chi connectivity index (χ3n) is 3.51. The molecule has 0 saturated heterocycles. The molecule has 0 bridgehead atoms. The maximum absolute atomic E-state index is 5.61. The standard InChI is InChI=1S/C16H18N4/c1-3-20-15-7-4-11(2)8-14(15)19-16(20)13-6-5-12(9-17)10-18-13/h4-8,10H,3,9,17H2,1-2H3. The number of aryl methyl sites for hydroxylation is 2. The Morgan fingerprint density at radius 1 is 1.20 bits per heavy atom. The Hall–Kier alpha value is -2.20. The maximum Gasteiger partial charge on any atom is 0.159 e. The summed E-state index contributed by atoms with van der Waals surface area (Å²) in [6.07, 6.45) is 1.82. The smallest absolute Gasteiger partial charge is 0.159 e. The van der Waals surface area contributed by atoms with Crippen molar-refractivity contribution in [3.05, 3.63) is 47.7 Å². The number of nitrogens with zero attached hydrogens (tertiary/aromatic N) is 3. The Bertz CT molecular complexity index is 741. The van der Waals surface area contributed by atoms with Gasteiger partial charge in [-0.05, 0) is 43.2 Å². The molecule has 0 atom stereocenters. The fourth-order valence-corrected chi connectivity index (χ4v) is 2.43. The molecule has 0 saturated carbocycles. The van der Waals surface area contributed by atoms with E-state index in [1.807, 2.05) is 18.3 Å². The predicted molar refractivity (Wildman–Crippen MR) is 81.3 cm³/mol. The minimum atomic E-state index is 0.511. The minimum Gasteiger partial charge on any atom is -0.326 e. The van der Waals surface area contributed by atoms with Crippen molar-refractivity contribution < 1.29 is 0 Å². The van der Waals surface area contributed by atoms with Crippen LogP contribution in [0.1, 0.15) is 18.1 Å². The molecule has 4 heteroatoms. The summed E-state index contributed by atoms with van der Waals surface area (Å²) in [5.74, 6) is 0.914. The third-order valence-corrected chi connectivity index (χ3v) is 3.51. The third kappa shape index (κ3) is 2.08. The van der Waals surface area contributed by atoms with Gasteiger partial charge in [0.15, 0.2) is 5.82 Å². The van der Waals surface area contributed by atoms with Crippen LogP contribution < -0.4 is 5.73 Å². The molecule has 0 aliphatic heterocycles. The van der Waals surface area contributed by atoms with E-state index in [4.69, 9.17) is 10.7 Å². The average molecular weight is 266 g/mol. The van der Waals surface area contributed by atoms with Crippen LogP contribution >= 0.6 is 0 Å². The van der Waals surface area contributed by atoms with Gasteiger partial charge in [-0.2, -0.15) is 0 Å². The van der Waals surface area contributed by atoms with Gasteiger partial charge in [-0.15, -0.1) is 0 Å². The first-order valence-corrected chi connectivity index (χ1v) is 6.85. The first-order chi connectivity index (χ1) is 9.72. The largest absolute Gasteiger partial charge is 0.326 e. The van der Waals surface area contributed by atoms with Gasteiger partial charge in [0, 0.05) is 19.3 Å². The molecule has 4 nitrogen and oxygen atoms in total. The van der Waals surface area contributed by atoms with Crippen molar-refractivity contribution in [2.45, 2.75) is 26.9 Å². The highest BCUT2D eigenvalue weighted by Crippen LogP contribution is 2.24. The number of pyridine rings is 1. The van der Waals surface area contributed by atoms with Gasteiger partial charge in [0.05, 0.1) is 11.0 Å². The van der Waals surface area contributed by atoms with E-state index in [0.717, 1.165) is 34.7 Å². The molecule has 0 fully saturated rings. The van der Waals surface area contributed by atoms with E-state index in [9.17, 15) is 0 Å².